The molecule has 2 aromatic carbocycles. The van der Waals surface area contributed by atoms with Gasteiger partial charge in [0.1, 0.15) is 0 Å². The van der Waals surface area contributed by atoms with Crippen LogP contribution in [-0.2, 0) is 15.7 Å². The van der Waals surface area contributed by atoms with Gasteiger partial charge in [-0.3, -0.25) is 4.79 Å². The van der Waals surface area contributed by atoms with Gasteiger partial charge in [-0.25, -0.2) is 4.79 Å². The molecule has 0 fully saturated rings. The number of hydrogen-bond acceptors (Lipinski definition) is 5. The van der Waals surface area contributed by atoms with Gasteiger partial charge in [-0.05, 0) is 43.3 Å². The van der Waals surface area contributed by atoms with Gasteiger partial charge >= 0.3 is 12.1 Å². The van der Waals surface area contributed by atoms with E-state index in [4.69, 9.17) is 25.8 Å². The Bertz CT molecular complexity index is 964. The number of halogens is 4. The van der Waals surface area contributed by atoms with Crippen LogP contribution in [-0.4, -0.2) is 31.2 Å². The third-order valence-electron chi connectivity index (χ3n) is 4.18. The van der Waals surface area contributed by atoms with E-state index in [1.165, 1.54) is 25.1 Å². The fraction of sp³-hybridized carbons (Fsp3) is 0.300. The Balaban J connectivity index is 1.66. The van der Waals surface area contributed by atoms with Crippen molar-refractivity contribution in [2.75, 3.05) is 18.5 Å². The van der Waals surface area contributed by atoms with Crippen LogP contribution in [0.4, 0.5) is 18.9 Å². The van der Waals surface area contributed by atoms with E-state index in [0.29, 0.717) is 37.2 Å². The number of fused-ring (bicyclic) bond motifs is 1. The lowest BCUT2D eigenvalue weighted by atomic mass is 10.2. The lowest BCUT2D eigenvalue weighted by molar-refractivity contribution is -0.137. The van der Waals surface area contributed by atoms with E-state index in [1.807, 2.05) is 0 Å². The first kappa shape index (κ1) is 21.8. The van der Waals surface area contributed by atoms with Crippen molar-refractivity contribution in [2.24, 2.45) is 0 Å². The lowest BCUT2D eigenvalue weighted by Crippen LogP contribution is -2.30. The Morgan fingerprint density at radius 3 is 2.50 bits per heavy atom. The number of nitrogens with one attached hydrogen (secondary N) is 1. The van der Waals surface area contributed by atoms with Gasteiger partial charge in [0.2, 0.25) is 0 Å². The number of esters is 1. The van der Waals surface area contributed by atoms with Crippen LogP contribution < -0.4 is 14.8 Å². The van der Waals surface area contributed by atoms with Crippen LogP contribution in [0, 0.1) is 0 Å². The Morgan fingerprint density at radius 1 is 1.10 bits per heavy atom. The Morgan fingerprint density at radius 2 is 1.80 bits per heavy atom. The molecule has 0 bridgehead atoms. The molecule has 1 atom stereocenters. The Kier molecular flexibility index (Phi) is 6.40. The molecular weight excluding hydrogens is 427 g/mol. The SMILES string of the molecule is CC(OC(=O)c1ccc2c(c1)OCCCO2)C(=O)Nc1ccc(Cl)c(C(F)(F)F)c1. The number of carbonyl (C=O) groups excluding carboxylic acids is 2. The number of ether oxygens (including phenoxy) is 3. The summed E-state index contributed by atoms with van der Waals surface area (Å²) in [5, 5.41) is 1.79. The van der Waals surface area contributed by atoms with Crippen molar-refractivity contribution < 1.29 is 37.0 Å². The number of carbonyl (C=O) groups is 2. The number of anilines is 1. The van der Waals surface area contributed by atoms with Gasteiger partial charge in [-0.1, -0.05) is 11.6 Å². The van der Waals surface area contributed by atoms with Gasteiger partial charge in [-0.15, -0.1) is 0 Å². The van der Waals surface area contributed by atoms with E-state index in [0.717, 1.165) is 6.07 Å². The van der Waals surface area contributed by atoms with Gasteiger partial charge in [0.05, 0.1) is 29.4 Å². The van der Waals surface area contributed by atoms with Gasteiger partial charge in [0.15, 0.2) is 17.6 Å². The molecule has 3 rings (SSSR count). The van der Waals surface area contributed by atoms with Crippen molar-refractivity contribution in [1.82, 2.24) is 0 Å². The fourth-order valence-corrected chi connectivity index (χ4v) is 2.86. The molecular formula is C20H17ClF3NO5. The third-order valence-corrected chi connectivity index (χ3v) is 4.51. The summed E-state index contributed by atoms with van der Waals surface area (Å²) in [6.07, 6.45) is -5.24. The molecule has 6 nitrogen and oxygen atoms in total. The quantitative estimate of drug-likeness (QED) is 0.693. The second-order valence-electron chi connectivity index (χ2n) is 6.44. The topological polar surface area (TPSA) is 73.9 Å². The minimum Gasteiger partial charge on any atom is -0.490 e. The summed E-state index contributed by atoms with van der Waals surface area (Å²) in [6, 6.07) is 7.42. The van der Waals surface area contributed by atoms with E-state index in [1.54, 1.807) is 6.07 Å². The molecule has 10 heteroatoms. The number of hydrogen-bond donors (Lipinski definition) is 1. The highest BCUT2D eigenvalue weighted by atomic mass is 35.5. The maximum atomic E-state index is 12.9. The molecule has 0 spiro atoms. The van der Waals surface area contributed by atoms with Gasteiger partial charge < -0.3 is 19.5 Å². The highest BCUT2D eigenvalue weighted by molar-refractivity contribution is 6.31. The predicted octanol–water partition coefficient (Wildman–Crippen LogP) is 4.70. The summed E-state index contributed by atoms with van der Waals surface area (Å²) in [5.74, 6) is -0.702. The fourth-order valence-electron chi connectivity index (χ4n) is 2.64. The summed E-state index contributed by atoms with van der Waals surface area (Å²) in [4.78, 5) is 24.6. The van der Waals surface area contributed by atoms with E-state index in [-0.39, 0.29) is 11.3 Å². The molecule has 30 heavy (non-hydrogen) atoms. The molecule has 0 aliphatic carbocycles. The predicted molar refractivity (Wildman–Crippen MR) is 102 cm³/mol. The zero-order valence-electron chi connectivity index (χ0n) is 15.7. The maximum Gasteiger partial charge on any atom is 0.417 e. The van der Waals surface area contributed by atoms with Crippen LogP contribution in [0.25, 0.3) is 0 Å². The molecule has 1 N–H and O–H groups in total. The molecule has 1 heterocycles. The normalized spacial score (nSPS) is 14.4. The van der Waals surface area contributed by atoms with E-state index >= 15 is 0 Å². The number of alkyl halides is 3. The molecule has 0 aromatic heterocycles. The van der Waals surface area contributed by atoms with Crippen LogP contribution in [0.1, 0.15) is 29.3 Å². The summed E-state index contributed by atoms with van der Waals surface area (Å²) < 4.78 is 54.9. The van der Waals surface area contributed by atoms with Gasteiger partial charge in [0, 0.05) is 12.1 Å². The molecule has 160 valence electrons. The molecule has 1 aliphatic rings. The zero-order valence-corrected chi connectivity index (χ0v) is 16.5. The van der Waals surface area contributed by atoms with Crippen molar-refractivity contribution in [3.8, 4) is 11.5 Å². The molecule has 1 unspecified atom stereocenters. The standard InChI is InChI=1S/C20H17ClF3NO5/c1-11(18(26)25-13-4-5-15(21)14(10-13)20(22,23)24)30-19(27)12-3-6-16-17(9-12)29-8-2-7-28-16/h3-6,9-11H,2,7-8H2,1H3,(H,25,26). The van der Waals surface area contributed by atoms with Crippen molar-refractivity contribution in [2.45, 2.75) is 25.6 Å². The number of amides is 1. The second kappa shape index (κ2) is 8.83. The first-order valence-electron chi connectivity index (χ1n) is 8.93. The molecule has 1 amide bonds. The van der Waals surface area contributed by atoms with Crippen molar-refractivity contribution in [1.29, 1.82) is 0 Å². The van der Waals surface area contributed by atoms with Crippen LogP contribution in [0.15, 0.2) is 36.4 Å². The summed E-state index contributed by atoms with van der Waals surface area (Å²) in [7, 11) is 0. The average Bonchev–Trinajstić information content (AvgIpc) is 2.93. The summed E-state index contributed by atoms with van der Waals surface area (Å²) in [5.41, 5.74) is -1.07. The highest BCUT2D eigenvalue weighted by Crippen LogP contribution is 2.36. The maximum absolute atomic E-state index is 12.9. The molecule has 0 saturated carbocycles. The number of benzene rings is 2. The first-order valence-corrected chi connectivity index (χ1v) is 9.31. The van der Waals surface area contributed by atoms with Crippen molar-refractivity contribution in [3.05, 3.63) is 52.5 Å². The Hall–Kier alpha value is -2.94. The third kappa shape index (κ3) is 5.15. The van der Waals surface area contributed by atoms with E-state index in [2.05, 4.69) is 5.32 Å². The molecule has 1 aliphatic heterocycles. The van der Waals surface area contributed by atoms with Crippen LogP contribution >= 0.6 is 11.6 Å². The molecule has 0 saturated heterocycles. The van der Waals surface area contributed by atoms with Crippen molar-refractivity contribution >= 4 is 29.2 Å². The van der Waals surface area contributed by atoms with Crippen molar-refractivity contribution in [3.63, 3.8) is 0 Å². The van der Waals surface area contributed by atoms with Crippen LogP contribution in [0.5, 0.6) is 11.5 Å². The molecule has 0 radical (unpaired) electrons. The minimum atomic E-state index is -4.67. The minimum absolute atomic E-state index is 0.129. The van der Waals surface area contributed by atoms with Gasteiger partial charge in [-0.2, -0.15) is 13.2 Å². The van der Waals surface area contributed by atoms with E-state index in [9.17, 15) is 22.8 Å². The Labute approximate surface area is 174 Å². The van der Waals surface area contributed by atoms with E-state index < -0.39 is 34.7 Å². The monoisotopic (exact) mass is 443 g/mol. The summed E-state index contributed by atoms with van der Waals surface area (Å²) >= 11 is 5.56. The summed E-state index contributed by atoms with van der Waals surface area (Å²) in [6.45, 7) is 2.23. The largest absolute Gasteiger partial charge is 0.490 e. The second-order valence-corrected chi connectivity index (χ2v) is 6.85. The smallest absolute Gasteiger partial charge is 0.417 e. The zero-order chi connectivity index (χ0) is 21.9. The number of rotatable bonds is 4. The molecule has 2 aromatic rings. The van der Waals surface area contributed by atoms with Gasteiger partial charge in [0.25, 0.3) is 5.91 Å². The van der Waals surface area contributed by atoms with Crippen LogP contribution in [0.3, 0.4) is 0 Å². The highest BCUT2D eigenvalue weighted by Gasteiger charge is 2.33. The first-order chi connectivity index (χ1) is 14.1. The van der Waals surface area contributed by atoms with Crippen LogP contribution in [0.2, 0.25) is 5.02 Å². The average molecular weight is 444 g/mol. The lowest BCUT2D eigenvalue weighted by Gasteiger charge is -2.16.